The van der Waals surface area contributed by atoms with Crippen molar-refractivity contribution in [3.05, 3.63) is 52.1 Å². The molecule has 114 valence electrons. The molecule has 0 saturated heterocycles. The fraction of sp³-hybridized carbons (Fsp3) is 0.400. The van der Waals surface area contributed by atoms with E-state index in [0.717, 1.165) is 23.0 Å². The molecule has 0 saturated carbocycles. The zero-order valence-electron chi connectivity index (χ0n) is 12.5. The first-order chi connectivity index (χ1) is 9.86. The van der Waals surface area contributed by atoms with Crippen LogP contribution in [0.15, 0.2) is 12.1 Å². The second-order valence-electron chi connectivity index (χ2n) is 5.08. The maximum absolute atomic E-state index is 13.9. The van der Waals surface area contributed by atoms with Crippen molar-refractivity contribution < 1.29 is 13.2 Å². The number of rotatable bonds is 4. The van der Waals surface area contributed by atoms with Gasteiger partial charge in [0.25, 0.3) is 0 Å². The highest BCUT2D eigenvalue weighted by atomic mass is 19.2. The third-order valence-electron chi connectivity index (χ3n) is 3.86. The van der Waals surface area contributed by atoms with E-state index in [1.807, 2.05) is 20.9 Å². The molecule has 0 aliphatic heterocycles. The van der Waals surface area contributed by atoms with E-state index in [4.69, 9.17) is 0 Å². The average Bonchev–Trinajstić information content (AvgIpc) is 2.69. The fourth-order valence-electron chi connectivity index (χ4n) is 2.49. The summed E-state index contributed by atoms with van der Waals surface area (Å²) in [7, 11) is 3.49. The van der Waals surface area contributed by atoms with Crippen LogP contribution in [0.25, 0.3) is 0 Å². The highest BCUT2D eigenvalue weighted by molar-refractivity contribution is 5.30. The first kappa shape index (κ1) is 15.6. The normalized spacial score (nSPS) is 12.7. The summed E-state index contributed by atoms with van der Waals surface area (Å²) in [5, 5.41) is 7.26. The first-order valence-corrected chi connectivity index (χ1v) is 6.66. The number of nitrogens with one attached hydrogen (secondary N) is 1. The standard InChI is InChI=1S/C15H18F3N3/c1-8-11(9(2)21(4)20-8)7-13(19-3)10-5-6-12(16)15(18)14(10)17/h5-6,13,19H,7H2,1-4H3. The zero-order chi connectivity index (χ0) is 15.7. The van der Waals surface area contributed by atoms with E-state index in [1.165, 1.54) is 6.07 Å². The molecule has 6 heteroatoms. The van der Waals surface area contributed by atoms with Crippen LogP contribution < -0.4 is 5.32 Å². The third-order valence-corrected chi connectivity index (χ3v) is 3.86. The van der Waals surface area contributed by atoms with Crippen LogP contribution in [0.2, 0.25) is 0 Å². The Morgan fingerprint density at radius 3 is 2.38 bits per heavy atom. The predicted octanol–water partition coefficient (Wildman–Crippen LogP) is 2.96. The van der Waals surface area contributed by atoms with Gasteiger partial charge in [-0.25, -0.2) is 13.2 Å². The van der Waals surface area contributed by atoms with Gasteiger partial charge < -0.3 is 5.32 Å². The molecule has 1 unspecified atom stereocenters. The Labute approximate surface area is 121 Å². The minimum absolute atomic E-state index is 0.110. The van der Waals surface area contributed by atoms with Gasteiger partial charge in [0.2, 0.25) is 0 Å². The van der Waals surface area contributed by atoms with Crippen LogP contribution >= 0.6 is 0 Å². The molecule has 1 heterocycles. The summed E-state index contributed by atoms with van der Waals surface area (Å²) in [5.74, 6) is -3.76. The summed E-state index contributed by atoms with van der Waals surface area (Å²) in [4.78, 5) is 0. The van der Waals surface area contributed by atoms with Crippen LogP contribution in [-0.2, 0) is 13.5 Å². The minimum Gasteiger partial charge on any atom is -0.313 e. The van der Waals surface area contributed by atoms with Crippen molar-refractivity contribution in [3.8, 4) is 0 Å². The van der Waals surface area contributed by atoms with Gasteiger partial charge >= 0.3 is 0 Å². The lowest BCUT2D eigenvalue weighted by molar-refractivity contribution is 0.428. The van der Waals surface area contributed by atoms with Gasteiger partial charge in [0, 0.05) is 24.3 Å². The van der Waals surface area contributed by atoms with Crippen molar-refractivity contribution in [2.45, 2.75) is 26.3 Å². The lowest BCUT2D eigenvalue weighted by atomic mass is 9.97. The summed E-state index contributed by atoms with van der Waals surface area (Å²) in [5.41, 5.74) is 2.90. The van der Waals surface area contributed by atoms with Crippen molar-refractivity contribution in [3.63, 3.8) is 0 Å². The summed E-state index contributed by atoms with van der Waals surface area (Å²) < 4.78 is 42.1. The van der Waals surface area contributed by atoms with Crippen LogP contribution in [0.1, 0.15) is 28.6 Å². The lowest BCUT2D eigenvalue weighted by Gasteiger charge is -2.18. The Bertz CT molecular complexity index is 665. The topological polar surface area (TPSA) is 29.9 Å². The maximum atomic E-state index is 13.9. The van der Waals surface area contributed by atoms with Gasteiger partial charge in [-0.3, -0.25) is 4.68 Å². The molecule has 3 nitrogen and oxygen atoms in total. The molecular weight excluding hydrogens is 279 g/mol. The van der Waals surface area contributed by atoms with E-state index in [9.17, 15) is 13.2 Å². The molecule has 0 amide bonds. The Morgan fingerprint density at radius 2 is 1.86 bits per heavy atom. The maximum Gasteiger partial charge on any atom is 0.194 e. The number of likely N-dealkylation sites (N-methyl/N-ethyl adjacent to an activating group) is 1. The van der Waals surface area contributed by atoms with Crippen molar-refractivity contribution in [1.82, 2.24) is 15.1 Å². The Morgan fingerprint density at radius 1 is 1.19 bits per heavy atom. The summed E-state index contributed by atoms with van der Waals surface area (Å²) in [6.45, 7) is 3.79. The molecule has 0 fully saturated rings. The Balaban J connectivity index is 2.39. The van der Waals surface area contributed by atoms with E-state index in [0.29, 0.717) is 6.42 Å². The van der Waals surface area contributed by atoms with E-state index < -0.39 is 23.5 Å². The van der Waals surface area contributed by atoms with Gasteiger partial charge in [-0.1, -0.05) is 6.07 Å². The number of hydrogen-bond acceptors (Lipinski definition) is 2. The number of nitrogens with zero attached hydrogens (tertiary/aromatic N) is 2. The van der Waals surface area contributed by atoms with Crippen molar-refractivity contribution in [1.29, 1.82) is 0 Å². The van der Waals surface area contributed by atoms with Crippen LogP contribution in [-0.4, -0.2) is 16.8 Å². The largest absolute Gasteiger partial charge is 0.313 e. The molecule has 21 heavy (non-hydrogen) atoms. The third kappa shape index (κ3) is 2.81. The van der Waals surface area contributed by atoms with E-state index in [2.05, 4.69) is 10.4 Å². The second kappa shape index (κ2) is 5.89. The molecule has 1 aromatic carbocycles. The number of benzene rings is 1. The summed E-state index contributed by atoms with van der Waals surface area (Å²) in [6, 6.07) is 1.76. The van der Waals surface area contributed by atoms with Crippen LogP contribution in [0.4, 0.5) is 13.2 Å². The van der Waals surface area contributed by atoms with Gasteiger partial charge in [0.15, 0.2) is 17.5 Å². The molecule has 2 rings (SSSR count). The van der Waals surface area contributed by atoms with Gasteiger partial charge in [-0.2, -0.15) is 5.10 Å². The van der Waals surface area contributed by atoms with E-state index in [-0.39, 0.29) is 5.56 Å². The van der Waals surface area contributed by atoms with Crippen LogP contribution in [0.3, 0.4) is 0 Å². The number of hydrogen-bond donors (Lipinski definition) is 1. The van der Waals surface area contributed by atoms with Gasteiger partial charge in [0.1, 0.15) is 0 Å². The molecule has 0 aliphatic carbocycles. The molecule has 1 aromatic heterocycles. The SMILES string of the molecule is CNC(Cc1c(C)nn(C)c1C)c1ccc(F)c(F)c1F. The number of aryl methyl sites for hydroxylation is 2. The van der Waals surface area contributed by atoms with E-state index in [1.54, 1.807) is 11.7 Å². The molecule has 0 aliphatic rings. The molecule has 0 bridgehead atoms. The van der Waals surface area contributed by atoms with Gasteiger partial charge in [0.05, 0.1) is 5.69 Å². The molecule has 0 radical (unpaired) electrons. The lowest BCUT2D eigenvalue weighted by Crippen LogP contribution is -2.21. The molecule has 2 aromatic rings. The highest BCUT2D eigenvalue weighted by Gasteiger charge is 2.22. The molecule has 1 atom stereocenters. The smallest absolute Gasteiger partial charge is 0.194 e. The Hall–Kier alpha value is -1.82. The zero-order valence-corrected chi connectivity index (χ0v) is 12.5. The molecule has 1 N–H and O–H groups in total. The fourth-order valence-corrected chi connectivity index (χ4v) is 2.49. The van der Waals surface area contributed by atoms with Gasteiger partial charge in [-0.15, -0.1) is 0 Å². The monoisotopic (exact) mass is 297 g/mol. The number of aromatic nitrogens is 2. The van der Waals surface area contributed by atoms with Crippen molar-refractivity contribution >= 4 is 0 Å². The average molecular weight is 297 g/mol. The first-order valence-electron chi connectivity index (χ1n) is 6.66. The van der Waals surface area contributed by atoms with Crippen molar-refractivity contribution in [2.24, 2.45) is 7.05 Å². The van der Waals surface area contributed by atoms with Gasteiger partial charge in [-0.05, 0) is 38.9 Å². The Kier molecular flexibility index (Phi) is 4.37. The van der Waals surface area contributed by atoms with Crippen LogP contribution in [0, 0.1) is 31.3 Å². The summed E-state index contributed by atoms with van der Waals surface area (Å²) >= 11 is 0. The van der Waals surface area contributed by atoms with Crippen molar-refractivity contribution in [2.75, 3.05) is 7.05 Å². The predicted molar refractivity (Wildman–Crippen MR) is 74.5 cm³/mol. The minimum atomic E-state index is -1.44. The van der Waals surface area contributed by atoms with E-state index >= 15 is 0 Å². The second-order valence-corrected chi connectivity index (χ2v) is 5.08. The molecule has 0 spiro atoms. The summed E-state index contributed by atoms with van der Waals surface area (Å²) in [6.07, 6.45) is 0.448. The molecular formula is C15H18F3N3. The highest BCUT2D eigenvalue weighted by Crippen LogP contribution is 2.26. The van der Waals surface area contributed by atoms with Crippen LogP contribution in [0.5, 0.6) is 0 Å². The quantitative estimate of drug-likeness (QED) is 0.879. The number of halogens is 3.